The predicted octanol–water partition coefficient (Wildman–Crippen LogP) is 4.19. The number of unbranched alkanes of at least 4 members (excludes halogenated alkanes) is 3. The van der Waals surface area contributed by atoms with E-state index in [1.54, 1.807) is 11.3 Å². The summed E-state index contributed by atoms with van der Waals surface area (Å²) in [7, 11) is 0. The van der Waals surface area contributed by atoms with Crippen molar-refractivity contribution in [3.8, 4) is 0 Å². The molecule has 9 nitrogen and oxygen atoms in total. The van der Waals surface area contributed by atoms with Crippen LogP contribution in [0.3, 0.4) is 0 Å². The summed E-state index contributed by atoms with van der Waals surface area (Å²) < 4.78 is 0. The van der Waals surface area contributed by atoms with Crippen molar-refractivity contribution < 1.29 is 14.7 Å². The van der Waals surface area contributed by atoms with E-state index in [0.717, 1.165) is 65.8 Å². The largest absolute Gasteiger partial charge is 0.481 e. The quantitative estimate of drug-likeness (QED) is 0.272. The maximum absolute atomic E-state index is 12.1. The van der Waals surface area contributed by atoms with E-state index in [4.69, 9.17) is 5.11 Å². The number of rotatable bonds is 15. The van der Waals surface area contributed by atoms with Gasteiger partial charge >= 0.3 is 5.97 Å². The van der Waals surface area contributed by atoms with Gasteiger partial charge in [0.15, 0.2) is 0 Å². The molecule has 0 atom stereocenters. The number of aryl methyl sites for hydroxylation is 2. The van der Waals surface area contributed by atoms with E-state index < -0.39 is 5.97 Å². The molecule has 1 aromatic carbocycles. The van der Waals surface area contributed by atoms with Gasteiger partial charge in [-0.15, -0.1) is 20.4 Å². The Kier molecular flexibility index (Phi) is 10.2. The summed E-state index contributed by atoms with van der Waals surface area (Å²) in [6.07, 6.45) is 6.65. The van der Waals surface area contributed by atoms with Crippen LogP contribution in [0.25, 0.3) is 0 Å². The maximum Gasteiger partial charge on any atom is 0.303 e. The monoisotopic (exact) mass is 488 g/mol. The normalized spacial score (nSPS) is 10.8. The zero-order chi connectivity index (χ0) is 23.3. The number of carboxylic acid groups (broad SMARTS) is 1. The van der Waals surface area contributed by atoms with Crippen LogP contribution in [0.1, 0.15) is 54.1 Å². The molecule has 0 bridgehead atoms. The number of carbonyl (C=O) groups excluding carboxylic acids is 1. The molecule has 0 saturated carbocycles. The lowest BCUT2D eigenvalue weighted by molar-refractivity contribution is -0.137. The van der Waals surface area contributed by atoms with Crippen molar-refractivity contribution in [2.75, 3.05) is 17.2 Å². The highest BCUT2D eigenvalue weighted by atomic mass is 32.1. The van der Waals surface area contributed by atoms with E-state index in [1.807, 2.05) is 30.3 Å². The third-order valence-corrected chi connectivity index (χ3v) is 6.60. The SMILES string of the molecule is O=C(O)CCCCCNc1nnc(CCCCc2nnc(NC(=O)Cc3ccccc3)s2)s1. The molecule has 2 heterocycles. The number of anilines is 2. The van der Waals surface area contributed by atoms with Crippen molar-refractivity contribution in [2.45, 2.75) is 57.8 Å². The summed E-state index contributed by atoms with van der Waals surface area (Å²) in [5, 5.41) is 34.6. The standard InChI is InChI=1S/C22H28N6O3S2/c29-17(15-16-9-3-1-4-10-16)24-22-28-26-19(33-22)12-7-6-11-18-25-27-21(32-18)23-14-8-2-5-13-20(30)31/h1,3-4,9-10H,2,5-8,11-15H2,(H,23,27)(H,30,31)(H,24,28,29). The van der Waals surface area contributed by atoms with Crippen LogP contribution in [0.2, 0.25) is 0 Å². The summed E-state index contributed by atoms with van der Waals surface area (Å²) in [4.78, 5) is 22.6. The minimum absolute atomic E-state index is 0.0927. The van der Waals surface area contributed by atoms with E-state index >= 15 is 0 Å². The van der Waals surface area contributed by atoms with Crippen molar-refractivity contribution in [2.24, 2.45) is 0 Å². The molecular formula is C22H28N6O3S2. The summed E-state index contributed by atoms with van der Waals surface area (Å²) in [6, 6.07) is 9.60. The average Bonchev–Trinajstić information content (AvgIpc) is 3.43. The molecule has 3 rings (SSSR count). The van der Waals surface area contributed by atoms with Gasteiger partial charge in [-0.2, -0.15) is 0 Å². The first-order valence-corrected chi connectivity index (χ1v) is 12.7. The fourth-order valence-corrected chi connectivity index (χ4v) is 4.71. The van der Waals surface area contributed by atoms with Gasteiger partial charge in [0, 0.05) is 25.8 Å². The number of carboxylic acids is 1. The molecule has 0 saturated heterocycles. The van der Waals surface area contributed by atoms with E-state index in [2.05, 4.69) is 31.0 Å². The van der Waals surface area contributed by atoms with Crippen LogP contribution in [0.5, 0.6) is 0 Å². The zero-order valence-corrected chi connectivity index (χ0v) is 20.0. The highest BCUT2D eigenvalue weighted by Gasteiger charge is 2.10. The number of benzene rings is 1. The fourth-order valence-electron chi connectivity index (χ4n) is 3.10. The molecule has 33 heavy (non-hydrogen) atoms. The number of nitrogens with zero attached hydrogens (tertiary/aromatic N) is 4. The first kappa shape index (κ1) is 24.7. The molecule has 176 valence electrons. The van der Waals surface area contributed by atoms with Crippen molar-refractivity contribution in [3.63, 3.8) is 0 Å². The van der Waals surface area contributed by atoms with Crippen LogP contribution in [0.15, 0.2) is 30.3 Å². The number of carbonyl (C=O) groups is 2. The smallest absolute Gasteiger partial charge is 0.303 e. The van der Waals surface area contributed by atoms with Crippen molar-refractivity contribution in [1.82, 2.24) is 20.4 Å². The van der Waals surface area contributed by atoms with Gasteiger partial charge < -0.3 is 15.7 Å². The predicted molar refractivity (Wildman–Crippen MR) is 130 cm³/mol. The maximum atomic E-state index is 12.1. The highest BCUT2D eigenvalue weighted by Crippen LogP contribution is 2.20. The Hall–Kier alpha value is -2.92. The Labute approximate surface area is 200 Å². The molecular weight excluding hydrogens is 460 g/mol. The Morgan fingerprint density at radius 1 is 0.818 bits per heavy atom. The third kappa shape index (κ3) is 9.62. The molecule has 11 heteroatoms. The van der Waals surface area contributed by atoms with Gasteiger partial charge in [-0.05, 0) is 31.2 Å². The van der Waals surface area contributed by atoms with Crippen LogP contribution < -0.4 is 10.6 Å². The molecule has 1 amide bonds. The lowest BCUT2D eigenvalue weighted by Crippen LogP contribution is -2.14. The zero-order valence-electron chi connectivity index (χ0n) is 18.3. The number of amides is 1. The first-order valence-electron chi connectivity index (χ1n) is 11.0. The van der Waals surface area contributed by atoms with Crippen LogP contribution in [-0.2, 0) is 28.9 Å². The topological polar surface area (TPSA) is 130 Å². The van der Waals surface area contributed by atoms with Crippen molar-refractivity contribution in [1.29, 1.82) is 0 Å². The van der Waals surface area contributed by atoms with Crippen LogP contribution in [-0.4, -0.2) is 43.9 Å². The Bertz CT molecular complexity index is 1010. The summed E-state index contributed by atoms with van der Waals surface area (Å²) in [5.74, 6) is -0.835. The van der Waals surface area contributed by atoms with Gasteiger partial charge in [-0.3, -0.25) is 9.59 Å². The van der Waals surface area contributed by atoms with E-state index in [9.17, 15) is 9.59 Å². The third-order valence-electron chi connectivity index (χ3n) is 4.76. The minimum atomic E-state index is -0.742. The lowest BCUT2D eigenvalue weighted by Gasteiger charge is -2.01. The van der Waals surface area contributed by atoms with E-state index in [-0.39, 0.29) is 12.3 Å². The Morgan fingerprint density at radius 3 is 2.18 bits per heavy atom. The molecule has 0 radical (unpaired) electrons. The number of nitrogens with one attached hydrogen (secondary N) is 2. The second-order valence-electron chi connectivity index (χ2n) is 7.55. The van der Waals surface area contributed by atoms with Crippen LogP contribution >= 0.6 is 22.7 Å². The van der Waals surface area contributed by atoms with Crippen molar-refractivity contribution >= 4 is 44.8 Å². The van der Waals surface area contributed by atoms with E-state index in [1.165, 1.54) is 11.3 Å². The molecule has 0 aliphatic rings. The molecule has 2 aromatic heterocycles. The Balaban J connectivity index is 1.28. The number of hydrogen-bond acceptors (Lipinski definition) is 9. The molecule has 0 fully saturated rings. The molecule has 3 aromatic rings. The van der Waals surface area contributed by atoms with Gasteiger partial charge in [0.2, 0.25) is 16.2 Å². The average molecular weight is 489 g/mol. The number of aliphatic carboxylic acids is 1. The molecule has 0 aliphatic carbocycles. The van der Waals surface area contributed by atoms with Gasteiger partial charge in [0.1, 0.15) is 10.0 Å². The van der Waals surface area contributed by atoms with Gasteiger partial charge in [0.25, 0.3) is 0 Å². The van der Waals surface area contributed by atoms with Gasteiger partial charge in [-0.1, -0.05) is 59.4 Å². The highest BCUT2D eigenvalue weighted by molar-refractivity contribution is 7.15. The summed E-state index contributed by atoms with van der Waals surface area (Å²) >= 11 is 2.98. The molecule has 3 N–H and O–H groups in total. The number of aromatic nitrogens is 4. The van der Waals surface area contributed by atoms with Crippen molar-refractivity contribution in [3.05, 3.63) is 45.9 Å². The van der Waals surface area contributed by atoms with Gasteiger partial charge in [0.05, 0.1) is 6.42 Å². The number of hydrogen-bond donors (Lipinski definition) is 3. The van der Waals surface area contributed by atoms with Crippen LogP contribution in [0, 0.1) is 0 Å². The fraction of sp³-hybridized carbons (Fsp3) is 0.455. The first-order chi connectivity index (χ1) is 16.1. The van der Waals surface area contributed by atoms with Crippen LogP contribution in [0.4, 0.5) is 10.3 Å². The molecule has 0 spiro atoms. The lowest BCUT2D eigenvalue weighted by atomic mass is 10.1. The second-order valence-corrected chi connectivity index (χ2v) is 9.67. The van der Waals surface area contributed by atoms with E-state index in [0.29, 0.717) is 18.0 Å². The van der Waals surface area contributed by atoms with Gasteiger partial charge in [-0.25, -0.2) is 0 Å². The summed E-state index contributed by atoms with van der Waals surface area (Å²) in [5.41, 5.74) is 0.963. The molecule has 0 aliphatic heterocycles. The second kappa shape index (κ2) is 13.6. The Morgan fingerprint density at radius 2 is 1.48 bits per heavy atom. The summed E-state index contributed by atoms with van der Waals surface area (Å²) in [6.45, 7) is 0.773. The minimum Gasteiger partial charge on any atom is -0.481 e. The molecule has 0 unspecified atom stereocenters.